The van der Waals surface area contributed by atoms with Crippen molar-refractivity contribution in [3.8, 4) is 0 Å². The summed E-state index contributed by atoms with van der Waals surface area (Å²) in [7, 11) is 2.09. The third kappa shape index (κ3) is 43.3. The molecule has 0 aliphatic carbocycles. The maximum Gasteiger partial charge on any atom is 0.132 e. The molecule has 0 aromatic rings. The molecule has 0 saturated carbocycles. The first-order valence-electron chi connectivity index (χ1n) is 29.2. The molecule has 0 radical (unpaired) electrons. The third-order valence-electron chi connectivity index (χ3n) is 14.0. The van der Waals surface area contributed by atoms with Crippen molar-refractivity contribution in [1.82, 2.24) is 10.2 Å². The fourth-order valence-corrected chi connectivity index (χ4v) is 9.49. The number of rotatable bonds is 51. The number of hydrogen-bond acceptors (Lipinski definition) is 4. The van der Waals surface area contributed by atoms with Crippen LogP contribution in [0.4, 0.5) is 0 Å². The first-order valence-corrected chi connectivity index (χ1v) is 29.2. The standard InChI is InChI=1S/C47H94N2O.C13H26O/c1-8-12-16-19-21-23-27-32-39-47(49(42-35-41-48-7)44(5)36-30-26-20-17-13-9-2)40-33-28-24-22-25-29-34-43-50-45(6)46(37-15-11-4)38-31-18-14-10-3;1-4-6-8-9-11-13(12(3)14)10-7-5-2/h46-48H,5-6,8-43H2,1-4,7H3;13H,4-11H2,1-3H3. The summed E-state index contributed by atoms with van der Waals surface area (Å²) in [6, 6.07) is 0.678. The second-order valence-electron chi connectivity index (χ2n) is 20.2. The number of hydrogen-bond donors (Lipinski definition) is 1. The van der Waals surface area contributed by atoms with Crippen LogP contribution in [-0.4, -0.2) is 43.5 Å². The van der Waals surface area contributed by atoms with E-state index in [0.29, 0.717) is 23.7 Å². The molecule has 0 aliphatic rings. The van der Waals surface area contributed by atoms with Crippen molar-refractivity contribution < 1.29 is 9.53 Å². The van der Waals surface area contributed by atoms with Crippen LogP contribution in [-0.2, 0) is 9.53 Å². The van der Waals surface area contributed by atoms with Gasteiger partial charge in [-0.3, -0.25) is 4.79 Å². The smallest absolute Gasteiger partial charge is 0.132 e. The Bertz CT molecular complexity index is 963. The van der Waals surface area contributed by atoms with Crippen LogP contribution in [0.2, 0.25) is 0 Å². The van der Waals surface area contributed by atoms with Crippen LogP contribution in [0.25, 0.3) is 0 Å². The lowest BCUT2D eigenvalue weighted by Crippen LogP contribution is -2.36. The Hall–Kier alpha value is -1.29. The minimum atomic E-state index is 0.354. The quantitative estimate of drug-likeness (QED) is 0.0488. The van der Waals surface area contributed by atoms with Crippen molar-refractivity contribution >= 4 is 5.78 Å². The molecule has 4 nitrogen and oxygen atoms in total. The van der Waals surface area contributed by atoms with Crippen LogP contribution < -0.4 is 5.32 Å². The van der Waals surface area contributed by atoms with E-state index in [4.69, 9.17) is 11.3 Å². The van der Waals surface area contributed by atoms with Gasteiger partial charge in [-0.25, -0.2) is 0 Å². The number of ether oxygens (including phenoxy) is 1. The molecule has 0 saturated heterocycles. The number of nitrogens with one attached hydrogen (secondary N) is 1. The van der Waals surface area contributed by atoms with Crippen LogP contribution in [0.5, 0.6) is 0 Å². The maximum absolute atomic E-state index is 11.3. The van der Waals surface area contributed by atoms with E-state index in [-0.39, 0.29) is 0 Å². The summed E-state index contributed by atoms with van der Waals surface area (Å²) < 4.78 is 6.21. The predicted octanol–water partition coefficient (Wildman–Crippen LogP) is 19.8. The number of carbonyl (C=O) groups is 1. The van der Waals surface area contributed by atoms with Crippen molar-refractivity contribution in [2.45, 2.75) is 318 Å². The summed E-state index contributed by atoms with van der Waals surface area (Å²) >= 11 is 0. The second kappa shape index (κ2) is 52.7. The lowest BCUT2D eigenvalue weighted by molar-refractivity contribution is -0.121. The first kappa shape index (κ1) is 64.8. The normalized spacial score (nSPS) is 12.7. The Labute approximate surface area is 404 Å². The van der Waals surface area contributed by atoms with E-state index in [0.717, 1.165) is 31.8 Å². The van der Waals surface area contributed by atoms with E-state index < -0.39 is 0 Å². The Balaban J connectivity index is 0. The van der Waals surface area contributed by atoms with Gasteiger partial charge in [-0.05, 0) is 84.7 Å². The van der Waals surface area contributed by atoms with Gasteiger partial charge >= 0.3 is 0 Å². The van der Waals surface area contributed by atoms with E-state index >= 15 is 0 Å². The van der Waals surface area contributed by atoms with Crippen LogP contribution in [0.1, 0.15) is 312 Å². The van der Waals surface area contributed by atoms with Crippen molar-refractivity contribution in [2.75, 3.05) is 26.7 Å². The number of ketones is 1. The molecule has 4 heteroatoms. The van der Waals surface area contributed by atoms with Crippen molar-refractivity contribution in [3.63, 3.8) is 0 Å². The fraction of sp³-hybridized carbons (Fsp3) is 0.917. The zero-order valence-corrected chi connectivity index (χ0v) is 45.5. The summed E-state index contributed by atoms with van der Waals surface area (Å²) in [4.78, 5) is 14.1. The van der Waals surface area contributed by atoms with Gasteiger partial charge in [-0.1, -0.05) is 254 Å². The molecule has 0 heterocycles. The van der Waals surface area contributed by atoms with Gasteiger partial charge in [0, 0.05) is 30.1 Å². The molecule has 3 atom stereocenters. The van der Waals surface area contributed by atoms with Gasteiger partial charge < -0.3 is 15.0 Å². The molecule has 0 aromatic carbocycles. The molecule has 3 unspecified atom stereocenters. The summed E-state index contributed by atoms with van der Waals surface area (Å²) in [6.45, 7) is 27.6. The Morgan fingerprint density at radius 2 is 0.812 bits per heavy atom. The molecular weight excluding hydrogens is 781 g/mol. The largest absolute Gasteiger partial charge is 0.498 e. The number of allylic oxidation sites excluding steroid dienone is 2. The van der Waals surface area contributed by atoms with E-state index in [2.05, 4.69) is 65.4 Å². The Morgan fingerprint density at radius 3 is 1.27 bits per heavy atom. The van der Waals surface area contributed by atoms with Crippen LogP contribution in [0.15, 0.2) is 24.6 Å². The summed E-state index contributed by atoms with van der Waals surface area (Å²) in [5.74, 6) is 2.39. The van der Waals surface area contributed by atoms with Crippen molar-refractivity contribution in [1.29, 1.82) is 0 Å². The molecule has 0 spiro atoms. The highest BCUT2D eigenvalue weighted by molar-refractivity contribution is 5.78. The monoisotopic (exact) mass is 901 g/mol. The average molecular weight is 902 g/mol. The van der Waals surface area contributed by atoms with Gasteiger partial charge in [-0.15, -0.1) is 0 Å². The Kier molecular flexibility index (Phi) is 53.3. The molecule has 0 rings (SSSR count). The van der Waals surface area contributed by atoms with Gasteiger partial charge in [0.1, 0.15) is 5.78 Å². The zero-order chi connectivity index (χ0) is 47.6. The van der Waals surface area contributed by atoms with E-state index in [1.54, 1.807) is 6.92 Å². The van der Waals surface area contributed by atoms with E-state index in [9.17, 15) is 4.79 Å². The summed E-state index contributed by atoms with van der Waals surface area (Å²) in [5.41, 5.74) is 1.43. The van der Waals surface area contributed by atoms with E-state index in [1.807, 2.05) is 0 Å². The molecule has 0 aliphatic heterocycles. The molecule has 0 fully saturated rings. The minimum Gasteiger partial charge on any atom is -0.498 e. The molecular formula is C60H120N2O2. The van der Waals surface area contributed by atoms with Crippen LogP contribution >= 0.6 is 0 Å². The highest BCUT2D eigenvalue weighted by atomic mass is 16.5. The number of carbonyl (C=O) groups excluding carboxylic acids is 1. The first-order chi connectivity index (χ1) is 31.3. The lowest BCUT2D eigenvalue weighted by atomic mass is 9.92. The number of nitrogens with zero attached hydrogens (tertiary/aromatic N) is 1. The third-order valence-corrected chi connectivity index (χ3v) is 14.0. The molecule has 0 aromatic heterocycles. The maximum atomic E-state index is 11.3. The van der Waals surface area contributed by atoms with E-state index in [1.165, 1.54) is 263 Å². The zero-order valence-electron chi connectivity index (χ0n) is 45.5. The van der Waals surface area contributed by atoms with Gasteiger partial charge in [-0.2, -0.15) is 0 Å². The molecule has 0 bridgehead atoms. The molecule has 64 heavy (non-hydrogen) atoms. The van der Waals surface area contributed by atoms with Gasteiger partial charge in [0.05, 0.1) is 12.4 Å². The number of unbranched alkanes of at least 4 members (excludes halogenated alkanes) is 26. The van der Waals surface area contributed by atoms with Crippen molar-refractivity contribution in [2.24, 2.45) is 11.8 Å². The molecule has 0 amide bonds. The second-order valence-corrected chi connectivity index (χ2v) is 20.2. The Morgan fingerprint density at radius 1 is 0.453 bits per heavy atom. The average Bonchev–Trinajstić information content (AvgIpc) is 3.29. The SMILES string of the molecule is C=C(OCCCCCCCCCC(CCCCCCCCCC)N(CCCNC)C(=C)CCCCCCCC)C(CCCC)CCCCCC.CCCCCCC(CCCC)C(C)=O. The van der Waals surface area contributed by atoms with Gasteiger partial charge in [0.2, 0.25) is 0 Å². The fourth-order valence-electron chi connectivity index (χ4n) is 9.49. The molecule has 1 N–H and O–H groups in total. The predicted molar refractivity (Wildman–Crippen MR) is 290 cm³/mol. The topological polar surface area (TPSA) is 41.6 Å². The summed E-state index contributed by atoms with van der Waals surface area (Å²) in [5, 5.41) is 3.40. The minimum absolute atomic E-state index is 0.354. The highest BCUT2D eigenvalue weighted by Gasteiger charge is 2.20. The molecule has 382 valence electrons. The van der Waals surface area contributed by atoms with Crippen LogP contribution in [0.3, 0.4) is 0 Å². The number of Topliss-reactive ketones (excluding diaryl/α,β-unsaturated/α-hetero) is 1. The lowest BCUT2D eigenvalue weighted by Gasteiger charge is -2.36. The van der Waals surface area contributed by atoms with Gasteiger partial charge in [0.25, 0.3) is 0 Å². The highest BCUT2D eigenvalue weighted by Crippen LogP contribution is 2.27. The summed E-state index contributed by atoms with van der Waals surface area (Å²) in [6.07, 6.45) is 54.1. The van der Waals surface area contributed by atoms with Gasteiger partial charge in [0.15, 0.2) is 0 Å². The van der Waals surface area contributed by atoms with Crippen LogP contribution in [0, 0.1) is 11.8 Å². The van der Waals surface area contributed by atoms with Crippen molar-refractivity contribution in [3.05, 3.63) is 24.6 Å².